The van der Waals surface area contributed by atoms with Crippen LogP contribution in [0.4, 0.5) is 4.39 Å². The molecule has 2 N–H and O–H groups in total. The number of aromatic hydroxyl groups is 1. The molecule has 0 aliphatic carbocycles. The van der Waals surface area contributed by atoms with Gasteiger partial charge >= 0.3 is 0 Å². The third-order valence-electron chi connectivity index (χ3n) is 3.14. The molecule has 0 aromatic heterocycles. The molecule has 1 heterocycles. The molecule has 0 unspecified atom stereocenters. The Bertz CT molecular complexity index is 411. The van der Waals surface area contributed by atoms with Crippen LogP contribution in [0.5, 0.6) is 5.75 Å². The fourth-order valence-electron chi connectivity index (χ4n) is 2.25. The van der Waals surface area contributed by atoms with Gasteiger partial charge in [0.2, 0.25) is 0 Å². The van der Waals surface area contributed by atoms with Crippen molar-refractivity contribution >= 4 is 56.7 Å². The molecule has 0 saturated carbocycles. The zero-order valence-electron chi connectivity index (χ0n) is 10.6. The molecule has 1 aliphatic rings. The van der Waals surface area contributed by atoms with E-state index in [2.05, 4.69) is 42.1 Å². The summed E-state index contributed by atoms with van der Waals surface area (Å²) in [5.74, 6) is 0.123. The van der Waals surface area contributed by atoms with E-state index in [4.69, 9.17) is 0 Å². The van der Waals surface area contributed by atoms with Crippen LogP contribution in [0, 0.1) is 0 Å². The number of hydrogen-bond acceptors (Lipinski definition) is 3. The molecule has 2 rings (SSSR count). The zero-order valence-corrected chi connectivity index (χ0v) is 15.4. The number of phenols is 1. The van der Waals surface area contributed by atoms with Gasteiger partial charge in [0.05, 0.1) is 6.04 Å². The highest BCUT2D eigenvalue weighted by Crippen LogP contribution is 2.37. The molecule has 0 spiro atoms. The third kappa shape index (κ3) is 4.71. The number of rotatable bonds is 3. The minimum atomic E-state index is -0.506. The number of hydrogen-bond donors (Lipinski definition) is 2. The number of nitrogens with one attached hydrogen (secondary N) is 1. The predicted octanol–water partition coefficient (Wildman–Crippen LogP) is 3.68. The second kappa shape index (κ2) is 9.43. The van der Waals surface area contributed by atoms with E-state index in [0.29, 0.717) is 5.56 Å². The third-order valence-corrected chi connectivity index (χ3v) is 4.26. The van der Waals surface area contributed by atoms with E-state index in [1.165, 1.54) is 0 Å². The Morgan fingerprint density at radius 2 is 1.85 bits per heavy atom. The number of halogens is 5. The maximum absolute atomic E-state index is 13.4. The molecular formula is C12H17Br2Cl2FN2O. The monoisotopic (exact) mass is 452 g/mol. The van der Waals surface area contributed by atoms with Crippen molar-refractivity contribution in [2.24, 2.45) is 0 Å². The van der Waals surface area contributed by atoms with Crippen molar-refractivity contribution in [2.75, 3.05) is 32.9 Å². The van der Waals surface area contributed by atoms with Crippen LogP contribution in [0.2, 0.25) is 0 Å². The average molecular weight is 455 g/mol. The second-order valence-corrected chi connectivity index (χ2v) is 6.05. The predicted molar refractivity (Wildman–Crippen MR) is 91.2 cm³/mol. The molecule has 20 heavy (non-hydrogen) atoms. The normalized spacial score (nSPS) is 16.9. The van der Waals surface area contributed by atoms with Crippen LogP contribution < -0.4 is 5.32 Å². The van der Waals surface area contributed by atoms with Crippen LogP contribution in [0.25, 0.3) is 0 Å². The van der Waals surface area contributed by atoms with Gasteiger partial charge in [-0.1, -0.05) is 31.9 Å². The van der Waals surface area contributed by atoms with Crippen LogP contribution in [0.3, 0.4) is 0 Å². The van der Waals surface area contributed by atoms with Gasteiger partial charge in [0.15, 0.2) is 0 Å². The lowest BCUT2D eigenvalue weighted by Crippen LogP contribution is -2.45. The Kier molecular flexibility index (Phi) is 9.63. The van der Waals surface area contributed by atoms with Gasteiger partial charge in [-0.15, -0.1) is 24.8 Å². The molecule has 0 amide bonds. The van der Waals surface area contributed by atoms with Crippen molar-refractivity contribution in [3.8, 4) is 5.75 Å². The molecular weight excluding hydrogens is 438 g/mol. The van der Waals surface area contributed by atoms with Gasteiger partial charge in [-0.25, -0.2) is 4.39 Å². The van der Waals surface area contributed by atoms with Crippen molar-refractivity contribution in [3.63, 3.8) is 0 Å². The molecule has 1 atom stereocenters. The molecule has 0 bridgehead atoms. The summed E-state index contributed by atoms with van der Waals surface area (Å²) < 4.78 is 14.9. The van der Waals surface area contributed by atoms with E-state index < -0.39 is 12.7 Å². The van der Waals surface area contributed by atoms with Gasteiger partial charge in [-0.2, -0.15) is 0 Å². The molecule has 3 nitrogen and oxygen atoms in total. The first-order chi connectivity index (χ1) is 8.63. The van der Waals surface area contributed by atoms with Gasteiger partial charge in [0.25, 0.3) is 0 Å². The van der Waals surface area contributed by atoms with Crippen LogP contribution in [0.15, 0.2) is 21.1 Å². The lowest BCUT2D eigenvalue weighted by molar-refractivity contribution is 0.144. The highest BCUT2D eigenvalue weighted by atomic mass is 79.9. The maximum atomic E-state index is 13.4. The number of benzene rings is 1. The molecule has 8 heteroatoms. The highest BCUT2D eigenvalue weighted by molar-refractivity contribution is 9.11. The Balaban J connectivity index is 0.00000180. The lowest BCUT2D eigenvalue weighted by Gasteiger charge is -2.34. The topological polar surface area (TPSA) is 35.5 Å². The van der Waals surface area contributed by atoms with Crippen molar-refractivity contribution in [2.45, 2.75) is 6.04 Å². The smallest absolute Gasteiger partial charge is 0.122 e. The first-order valence-corrected chi connectivity index (χ1v) is 7.40. The number of phenolic OH excluding ortho intramolecular Hbond substituents is 1. The second-order valence-electron chi connectivity index (χ2n) is 4.28. The summed E-state index contributed by atoms with van der Waals surface area (Å²) >= 11 is 6.71. The Morgan fingerprint density at radius 3 is 2.35 bits per heavy atom. The summed E-state index contributed by atoms with van der Waals surface area (Å²) in [5, 5.41) is 13.3. The molecule has 1 fully saturated rings. The van der Waals surface area contributed by atoms with Gasteiger partial charge in [0.1, 0.15) is 12.4 Å². The van der Waals surface area contributed by atoms with E-state index in [-0.39, 0.29) is 30.6 Å². The number of piperazine rings is 1. The van der Waals surface area contributed by atoms with Gasteiger partial charge in [0, 0.05) is 40.7 Å². The van der Waals surface area contributed by atoms with Crippen molar-refractivity contribution in [3.05, 3.63) is 26.6 Å². The fourth-order valence-corrected chi connectivity index (χ4v) is 3.72. The standard InChI is InChI=1S/C12H15Br2FN2O.2ClH/c13-8-5-9(14)12(11(18)6-8)10(7-15)17-3-1-16-2-4-17;;/h5-6,10,16,18H,1-4,7H2;2*1H/t10-;;/m0../s1. The Labute approximate surface area is 147 Å². The molecule has 1 aromatic rings. The van der Waals surface area contributed by atoms with Crippen LogP contribution in [0.1, 0.15) is 11.6 Å². The molecule has 1 aromatic carbocycles. The summed E-state index contributed by atoms with van der Waals surface area (Å²) in [6.45, 7) is 2.78. The Hall–Kier alpha value is 0.410. The van der Waals surface area contributed by atoms with Gasteiger partial charge < -0.3 is 10.4 Å². The first-order valence-electron chi connectivity index (χ1n) is 5.82. The average Bonchev–Trinajstić information content (AvgIpc) is 2.34. The van der Waals surface area contributed by atoms with E-state index in [1.807, 2.05) is 6.07 Å². The summed E-state index contributed by atoms with van der Waals surface area (Å²) in [7, 11) is 0. The molecule has 1 saturated heterocycles. The quantitative estimate of drug-likeness (QED) is 0.731. The van der Waals surface area contributed by atoms with Gasteiger partial charge in [-0.05, 0) is 12.1 Å². The van der Waals surface area contributed by atoms with E-state index >= 15 is 0 Å². The molecule has 1 aliphatic heterocycles. The van der Waals surface area contributed by atoms with E-state index in [9.17, 15) is 9.50 Å². The largest absolute Gasteiger partial charge is 0.508 e. The highest BCUT2D eigenvalue weighted by Gasteiger charge is 2.26. The maximum Gasteiger partial charge on any atom is 0.122 e. The van der Waals surface area contributed by atoms with Crippen LogP contribution in [-0.4, -0.2) is 42.9 Å². The number of alkyl halides is 1. The minimum absolute atomic E-state index is 0. The number of nitrogens with zero attached hydrogens (tertiary/aromatic N) is 1. The summed E-state index contributed by atoms with van der Waals surface area (Å²) in [4.78, 5) is 2.06. The molecule has 116 valence electrons. The van der Waals surface area contributed by atoms with Crippen LogP contribution in [-0.2, 0) is 0 Å². The minimum Gasteiger partial charge on any atom is -0.508 e. The van der Waals surface area contributed by atoms with Crippen molar-refractivity contribution in [1.29, 1.82) is 0 Å². The van der Waals surface area contributed by atoms with E-state index in [1.54, 1.807) is 6.07 Å². The first kappa shape index (κ1) is 20.4. The van der Waals surface area contributed by atoms with Crippen LogP contribution >= 0.6 is 56.7 Å². The van der Waals surface area contributed by atoms with Crippen molar-refractivity contribution in [1.82, 2.24) is 10.2 Å². The summed E-state index contributed by atoms with van der Waals surface area (Å²) in [6, 6.07) is 3.04. The van der Waals surface area contributed by atoms with Gasteiger partial charge in [-0.3, -0.25) is 4.90 Å². The molecule has 0 radical (unpaired) electrons. The zero-order chi connectivity index (χ0) is 13.1. The summed E-state index contributed by atoms with van der Waals surface area (Å²) in [6.07, 6.45) is 0. The lowest BCUT2D eigenvalue weighted by atomic mass is 10.0. The fraction of sp³-hybridized carbons (Fsp3) is 0.500. The summed E-state index contributed by atoms with van der Waals surface area (Å²) in [5.41, 5.74) is 0.627. The van der Waals surface area contributed by atoms with Crippen molar-refractivity contribution < 1.29 is 9.50 Å². The Morgan fingerprint density at radius 1 is 1.25 bits per heavy atom. The van der Waals surface area contributed by atoms with E-state index in [0.717, 1.165) is 35.1 Å². The SMILES string of the molecule is Cl.Cl.Oc1cc(Br)cc(Br)c1[C@H](CF)N1CCNCC1.